The zero-order chi connectivity index (χ0) is 9.26. The molecule has 0 bridgehead atoms. The lowest BCUT2D eigenvalue weighted by Crippen LogP contribution is -1.88. The molecule has 0 aliphatic carbocycles. The molecule has 0 saturated heterocycles. The molecule has 1 heterocycles. The number of aliphatic hydroxyl groups excluding tert-OH is 1. The summed E-state index contributed by atoms with van der Waals surface area (Å²) in [5.74, 6) is 0. The maximum atomic E-state index is 9.15. The van der Waals surface area contributed by atoms with Gasteiger partial charge in [-0.2, -0.15) is 0 Å². The number of aliphatic hydroxyl groups is 1. The number of rotatable bonds is 2. The molecule has 0 aliphatic heterocycles. The second kappa shape index (κ2) is 3.89. The fourth-order valence-electron chi connectivity index (χ4n) is 1.42. The number of hydrogen-bond acceptors (Lipinski definition) is 2. The average Bonchev–Trinajstić information content (AvgIpc) is 2.60. The van der Waals surface area contributed by atoms with Crippen molar-refractivity contribution in [1.29, 1.82) is 0 Å². The van der Waals surface area contributed by atoms with E-state index in [1.54, 1.807) is 9.12 Å². The molecule has 0 radical (unpaired) electrons. The molecule has 2 nitrogen and oxygen atoms in total. The molecular formula is C9H8INOS. The highest BCUT2D eigenvalue weighted by molar-refractivity contribution is 14.2. The van der Waals surface area contributed by atoms with Crippen LogP contribution in [-0.2, 0) is 6.61 Å². The molecule has 1 N–H and O–H groups in total. The summed E-state index contributed by atoms with van der Waals surface area (Å²) in [7, 11) is 1.61. The van der Waals surface area contributed by atoms with Gasteiger partial charge in [-0.15, -0.1) is 0 Å². The van der Waals surface area contributed by atoms with Crippen LogP contribution in [0.5, 0.6) is 0 Å². The van der Waals surface area contributed by atoms with Crippen LogP contribution in [0.15, 0.2) is 30.5 Å². The monoisotopic (exact) mass is 305 g/mol. The highest BCUT2D eigenvalue weighted by Gasteiger charge is 2.04. The van der Waals surface area contributed by atoms with Gasteiger partial charge in [-0.1, -0.05) is 18.2 Å². The number of aromatic nitrogens is 1. The largest absolute Gasteiger partial charge is 0.392 e. The summed E-state index contributed by atoms with van der Waals surface area (Å²) in [6, 6.07) is 8.03. The van der Waals surface area contributed by atoms with Gasteiger partial charge in [0, 0.05) is 47.5 Å². The molecule has 0 fully saturated rings. The minimum Gasteiger partial charge on any atom is -0.392 e. The van der Waals surface area contributed by atoms with Crippen molar-refractivity contribution in [3.63, 3.8) is 0 Å². The van der Waals surface area contributed by atoms with Crippen molar-refractivity contribution < 1.29 is 5.11 Å². The first kappa shape index (κ1) is 9.36. The van der Waals surface area contributed by atoms with Gasteiger partial charge >= 0.3 is 0 Å². The van der Waals surface area contributed by atoms with Gasteiger partial charge in [0.1, 0.15) is 0 Å². The van der Waals surface area contributed by atoms with Crippen LogP contribution in [0.3, 0.4) is 0 Å². The second-order valence-corrected chi connectivity index (χ2v) is 4.44. The van der Waals surface area contributed by atoms with Crippen LogP contribution in [0.4, 0.5) is 0 Å². The molecule has 68 valence electrons. The predicted octanol–water partition coefficient (Wildman–Crippen LogP) is 2.98. The lowest BCUT2D eigenvalue weighted by atomic mass is 10.1. The first-order chi connectivity index (χ1) is 6.36. The minimum atomic E-state index is 0.0958. The molecule has 0 aliphatic rings. The van der Waals surface area contributed by atoms with E-state index >= 15 is 0 Å². The molecule has 2 aromatic rings. The van der Waals surface area contributed by atoms with Crippen LogP contribution >= 0.6 is 30.3 Å². The number of benzene rings is 1. The summed E-state index contributed by atoms with van der Waals surface area (Å²) < 4.78 is 2.06. The van der Waals surface area contributed by atoms with Crippen LogP contribution in [0.25, 0.3) is 10.9 Å². The summed E-state index contributed by atoms with van der Waals surface area (Å²) >= 11 is 2.23. The average molecular weight is 305 g/mol. The van der Waals surface area contributed by atoms with Gasteiger partial charge in [-0.05, 0) is 6.07 Å². The molecule has 1 aromatic heterocycles. The van der Waals surface area contributed by atoms with Crippen molar-refractivity contribution in [3.05, 3.63) is 36.0 Å². The molecule has 1 aromatic carbocycles. The topological polar surface area (TPSA) is 25.2 Å². The Morgan fingerprint density at radius 1 is 1.38 bits per heavy atom. The molecule has 2 rings (SSSR count). The zero-order valence-corrected chi connectivity index (χ0v) is 9.75. The number of fused-ring (bicyclic) bond motifs is 1. The lowest BCUT2D eigenvalue weighted by Gasteiger charge is -2.02. The Bertz CT molecular complexity index is 426. The van der Waals surface area contributed by atoms with Gasteiger partial charge in [-0.25, -0.2) is 0 Å². The fraction of sp³-hybridized carbons (Fsp3) is 0.111. The van der Waals surface area contributed by atoms with E-state index in [4.69, 9.17) is 5.11 Å². The maximum absolute atomic E-state index is 9.15. The van der Waals surface area contributed by atoms with Gasteiger partial charge in [0.2, 0.25) is 0 Å². The highest BCUT2D eigenvalue weighted by Crippen LogP contribution is 2.27. The second-order valence-electron chi connectivity index (χ2n) is 2.72. The molecule has 0 amide bonds. The SMILES string of the molecule is OCc1cccc2ccn(SI)c12. The van der Waals surface area contributed by atoms with Gasteiger partial charge < -0.3 is 5.11 Å². The smallest absolute Gasteiger partial charge is 0.0702 e. The molecule has 0 unspecified atom stereocenters. The lowest BCUT2D eigenvalue weighted by molar-refractivity contribution is 0.283. The summed E-state index contributed by atoms with van der Waals surface area (Å²) in [4.78, 5) is 0. The van der Waals surface area contributed by atoms with E-state index in [9.17, 15) is 0 Å². The van der Waals surface area contributed by atoms with Crippen LogP contribution in [-0.4, -0.2) is 9.08 Å². The number of hydrogen-bond donors (Lipinski definition) is 1. The van der Waals surface area contributed by atoms with E-state index in [0.29, 0.717) is 0 Å². The minimum absolute atomic E-state index is 0.0958. The van der Waals surface area contributed by atoms with Crippen LogP contribution in [0.1, 0.15) is 5.56 Å². The number of para-hydroxylation sites is 1. The van der Waals surface area contributed by atoms with Crippen LogP contribution in [0.2, 0.25) is 0 Å². The summed E-state index contributed by atoms with van der Waals surface area (Å²) in [5.41, 5.74) is 2.09. The van der Waals surface area contributed by atoms with E-state index < -0.39 is 0 Å². The Morgan fingerprint density at radius 3 is 2.92 bits per heavy atom. The van der Waals surface area contributed by atoms with Gasteiger partial charge in [-0.3, -0.25) is 3.97 Å². The van der Waals surface area contributed by atoms with E-state index in [1.807, 2.05) is 18.3 Å². The van der Waals surface area contributed by atoms with Crippen LogP contribution in [0, 0.1) is 0 Å². The summed E-state index contributed by atoms with van der Waals surface area (Å²) in [6.45, 7) is 0.0958. The Balaban J connectivity index is 2.76. The first-order valence-corrected chi connectivity index (χ1v) is 7.17. The van der Waals surface area contributed by atoms with E-state index in [-0.39, 0.29) is 6.61 Å². The molecule has 0 spiro atoms. The Kier molecular flexibility index (Phi) is 2.80. The third-order valence-electron chi connectivity index (χ3n) is 2.01. The van der Waals surface area contributed by atoms with Gasteiger partial charge in [0.05, 0.1) is 12.1 Å². The third-order valence-corrected chi connectivity index (χ3v) is 3.73. The van der Waals surface area contributed by atoms with Gasteiger partial charge in [0.25, 0.3) is 0 Å². The van der Waals surface area contributed by atoms with Crippen molar-refractivity contribution in [3.8, 4) is 0 Å². The van der Waals surface area contributed by atoms with E-state index in [2.05, 4.69) is 37.3 Å². The zero-order valence-electron chi connectivity index (χ0n) is 6.77. The third kappa shape index (κ3) is 1.58. The van der Waals surface area contributed by atoms with Crippen molar-refractivity contribution in [2.45, 2.75) is 6.61 Å². The van der Waals surface area contributed by atoms with Crippen molar-refractivity contribution in [2.24, 2.45) is 0 Å². The summed E-state index contributed by atoms with van der Waals surface area (Å²) in [6.07, 6.45) is 2.01. The first-order valence-electron chi connectivity index (χ1n) is 3.85. The van der Waals surface area contributed by atoms with Crippen molar-refractivity contribution in [2.75, 3.05) is 0 Å². The normalized spacial score (nSPS) is 10.9. The quantitative estimate of drug-likeness (QED) is 0.863. The maximum Gasteiger partial charge on any atom is 0.0702 e. The Hall–Kier alpha value is -0.200. The van der Waals surface area contributed by atoms with E-state index in [1.165, 1.54) is 5.39 Å². The van der Waals surface area contributed by atoms with Crippen LogP contribution < -0.4 is 0 Å². The molecule has 13 heavy (non-hydrogen) atoms. The van der Waals surface area contributed by atoms with E-state index in [0.717, 1.165) is 11.1 Å². The molecule has 0 atom stereocenters. The molecular weight excluding hydrogens is 297 g/mol. The fourth-order valence-corrected chi connectivity index (χ4v) is 2.81. The standard InChI is InChI=1S/C9H8INOS/c10-13-11-5-4-7-2-1-3-8(6-12)9(7)11/h1-5,12H,6H2. The predicted molar refractivity (Wildman–Crippen MR) is 64.9 cm³/mol. The van der Waals surface area contributed by atoms with Crippen molar-refractivity contribution in [1.82, 2.24) is 3.97 Å². The Morgan fingerprint density at radius 2 is 2.23 bits per heavy atom. The van der Waals surface area contributed by atoms with Gasteiger partial charge in [0.15, 0.2) is 0 Å². The molecule has 4 heteroatoms. The summed E-state index contributed by atoms with van der Waals surface area (Å²) in [5, 5.41) is 10.3. The number of nitrogens with zero attached hydrogens (tertiary/aromatic N) is 1. The number of halogens is 1. The Labute approximate surface area is 92.7 Å². The van der Waals surface area contributed by atoms with Crippen molar-refractivity contribution >= 4 is 41.2 Å². The molecule has 0 saturated carbocycles. The highest BCUT2D eigenvalue weighted by atomic mass is 127.